The van der Waals surface area contributed by atoms with Crippen molar-refractivity contribution in [2.24, 2.45) is 0 Å². The lowest BCUT2D eigenvalue weighted by Crippen LogP contribution is -2.29. The lowest BCUT2D eigenvalue weighted by atomic mass is 10.4. The summed E-state index contributed by atoms with van der Waals surface area (Å²) < 4.78 is 0. The van der Waals surface area contributed by atoms with Crippen LogP contribution in [0.4, 0.5) is 0 Å². The average molecular weight is 142 g/mol. The summed E-state index contributed by atoms with van der Waals surface area (Å²) in [5, 5.41) is 6.49. The molecule has 2 N–H and O–H groups in total. The van der Waals surface area contributed by atoms with Crippen molar-refractivity contribution >= 4 is 0 Å². The number of nitrogens with one attached hydrogen (secondary N) is 2. The topological polar surface area (TPSA) is 24.1 Å². The molecule has 0 aromatic carbocycles. The van der Waals surface area contributed by atoms with Crippen molar-refractivity contribution in [2.75, 3.05) is 19.8 Å². The Kier molecular flexibility index (Phi) is 8.37. The molecule has 0 amide bonds. The summed E-state index contributed by atoms with van der Waals surface area (Å²) in [6.45, 7) is 8.84. The molecule has 0 fully saturated rings. The zero-order valence-electron chi connectivity index (χ0n) is 6.82. The molecule has 0 radical (unpaired) electrons. The van der Waals surface area contributed by atoms with Crippen LogP contribution in [-0.4, -0.2) is 19.8 Å². The molecule has 2 heteroatoms. The normalized spacial score (nSPS) is 9.70. The van der Waals surface area contributed by atoms with E-state index in [2.05, 4.69) is 24.1 Å². The summed E-state index contributed by atoms with van der Waals surface area (Å²) in [6.07, 6.45) is 4.17. The van der Waals surface area contributed by atoms with E-state index in [4.69, 9.17) is 0 Å². The zero-order valence-corrected chi connectivity index (χ0v) is 6.82. The fraction of sp³-hybridized carbons (Fsp3) is 0.750. The maximum atomic E-state index is 3.63. The molecule has 2 nitrogen and oxygen atoms in total. The Morgan fingerprint density at radius 1 is 1.30 bits per heavy atom. The first-order valence-corrected chi connectivity index (χ1v) is 3.94. The Balaban J connectivity index is 2.70. The third-order valence-corrected chi connectivity index (χ3v) is 1.20. The zero-order chi connectivity index (χ0) is 7.66. The summed E-state index contributed by atoms with van der Waals surface area (Å²) >= 11 is 0. The summed E-state index contributed by atoms with van der Waals surface area (Å²) in [4.78, 5) is 0. The van der Waals surface area contributed by atoms with Crippen molar-refractivity contribution in [3.8, 4) is 0 Å². The summed E-state index contributed by atoms with van der Waals surface area (Å²) in [5.74, 6) is 0. The molecular formula is C8H18N2. The molecule has 60 valence electrons. The summed E-state index contributed by atoms with van der Waals surface area (Å²) in [7, 11) is 0. The van der Waals surface area contributed by atoms with Crippen LogP contribution in [0.3, 0.4) is 0 Å². The van der Waals surface area contributed by atoms with Gasteiger partial charge in [0.25, 0.3) is 0 Å². The average Bonchev–Trinajstić information content (AvgIpc) is 1.97. The molecule has 10 heavy (non-hydrogen) atoms. The van der Waals surface area contributed by atoms with Gasteiger partial charge in [-0.05, 0) is 25.9 Å². The van der Waals surface area contributed by atoms with Gasteiger partial charge in [-0.15, -0.1) is 6.58 Å². The monoisotopic (exact) mass is 142 g/mol. The molecule has 0 atom stereocenters. The molecule has 0 bridgehead atoms. The van der Waals surface area contributed by atoms with Gasteiger partial charge in [-0.25, -0.2) is 0 Å². The molecule has 0 aromatic heterocycles. The Morgan fingerprint density at radius 3 is 2.60 bits per heavy atom. The maximum Gasteiger partial charge on any atom is 0.0454 e. The van der Waals surface area contributed by atoms with Crippen LogP contribution < -0.4 is 10.6 Å². The van der Waals surface area contributed by atoms with Gasteiger partial charge in [0.2, 0.25) is 0 Å². The number of rotatable bonds is 7. The van der Waals surface area contributed by atoms with E-state index in [-0.39, 0.29) is 0 Å². The minimum atomic E-state index is 0.918. The first kappa shape index (κ1) is 9.66. The summed E-state index contributed by atoms with van der Waals surface area (Å²) in [5.41, 5.74) is 0. The van der Waals surface area contributed by atoms with E-state index in [1.807, 2.05) is 6.08 Å². The molecule has 0 saturated heterocycles. The van der Waals surface area contributed by atoms with Gasteiger partial charge >= 0.3 is 0 Å². The van der Waals surface area contributed by atoms with Crippen molar-refractivity contribution in [2.45, 2.75) is 19.8 Å². The van der Waals surface area contributed by atoms with Crippen LogP contribution in [0.25, 0.3) is 0 Å². The van der Waals surface area contributed by atoms with Gasteiger partial charge in [0.1, 0.15) is 0 Å². The predicted molar refractivity (Wildman–Crippen MR) is 46.0 cm³/mol. The molecule has 0 unspecified atom stereocenters. The largest absolute Gasteiger partial charge is 0.305 e. The van der Waals surface area contributed by atoms with E-state index in [1.165, 1.54) is 6.42 Å². The van der Waals surface area contributed by atoms with E-state index in [0.717, 1.165) is 26.2 Å². The van der Waals surface area contributed by atoms with Crippen LogP contribution in [0.1, 0.15) is 19.8 Å². The van der Waals surface area contributed by atoms with Gasteiger partial charge in [0, 0.05) is 6.67 Å². The first-order chi connectivity index (χ1) is 4.91. The number of hydrogen-bond donors (Lipinski definition) is 2. The fourth-order valence-corrected chi connectivity index (χ4v) is 0.646. The van der Waals surface area contributed by atoms with E-state index < -0.39 is 0 Å². The van der Waals surface area contributed by atoms with Crippen LogP contribution in [0.2, 0.25) is 0 Å². The second-order valence-corrected chi connectivity index (χ2v) is 2.25. The van der Waals surface area contributed by atoms with Crippen LogP contribution in [0.5, 0.6) is 0 Å². The molecule has 0 spiro atoms. The smallest absolute Gasteiger partial charge is 0.0454 e. The minimum absolute atomic E-state index is 0.918. The quantitative estimate of drug-likeness (QED) is 0.316. The van der Waals surface area contributed by atoms with Crippen molar-refractivity contribution in [3.05, 3.63) is 12.7 Å². The molecule has 0 saturated carbocycles. The molecule has 0 aromatic rings. The van der Waals surface area contributed by atoms with Crippen LogP contribution in [0, 0.1) is 0 Å². The van der Waals surface area contributed by atoms with Crippen LogP contribution in [-0.2, 0) is 0 Å². The second-order valence-electron chi connectivity index (χ2n) is 2.25. The van der Waals surface area contributed by atoms with Crippen molar-refractivity contribution in [3.63, 3.8) is 0 Å². The van der Waals surface area contributed by atoms with Crippen molar-refractivity contribution < 1.29 is 0 Å². The molecule has 0 aliphatic rings. The SMILES string of the molecule is C=CCCNCNCCC. The molecule has 0 aliphatic heterocycles. The highest BCUT2D eigenvalue weighted by atomic mass is 15.0. The van der Waals surface area contributed by atoms with Crippen molar-refractivity contribution in [1.29, 1.82) is 0 Å². The van der Waals surface area contributed by atoms with E-state index in [0.29, 0.717) is 0 Å². The Morgan fingerprint density at radius 2 is 2.00 bits per heavy atom. The van der Waals surface area contributed by atoms with Crippen molar-refractivity contribution in [1.82, 2.24) is 10.6 Å². The standard InChI is InChI=1S/C8H18N2/c1-3-5-7-10-8-9-6-4-2/h3,9-10H,1,4-8H2,2H3. The molecule has 0 heterocycles. The fourth-order valence-electron chi connectivity index (χ4n) is 0.646. The molecule has 0 aliphatic carbocycles. The second kappa shape index (κ2) is 8.66. The summed E-state index contributed by atoms with van der Waals surface area (Å²) in [6, 6.07) is 0. The first-order valence-electron chi connectivity index (χ1n) is 3.94. The van der Waals surface area contributed by atoms with Gasteiger partial charge < -0.3 is 10.6 Å². The highest BCUT2D eigenvalue weighted by Gasteiger charge is 1.81. The predicted octanol–water partition coefficient (Wildman–Crippen LogP) is 1.11. The molecular weight excluding hydrogens is 124 g/mol. The molecule has 0 rings (SSSR count). The van der Waals surface area contributed by atoms with E-state index >= 15 is 0 Å². The third kappa shape index (κ3) is 7.66. The number of hydrogen-bond acceptors (Lipinski definition) is 2. The van der Waals surface area contributed by atoms with Gasteiger partial charge in [-0.1, -0.05) is 13.0 Å². The van der Waals surface area contributed by atoms with Crippen LogP contribution >= 0.6 is 0 Å². The van der Waals surface area contributed by atoms with Gasteiger partial charge in [-0.3, -0.25) is 0 Å². The van der Waals surface area contributed by atoms with E-state index in [1.54, 1.807) is 0 Å². The van der Waals surface area contributed by atoms with Gasteiger partial charge in [-0.2, -0.15) is 0 Å². The maximum absolute atomic E-state index is 3.63. The van der Waals surface area contributed by atoms with Gasteiger partial charge in [0.05, 0.1) is 0 Å². The highest BCUT2D eigenvalue weighted by molar-refractivity contribution is 4.66. The minimum Gasteiger partial charge on any atom is -0.305 e. The third-order valence-electron chi connectivity index (χ3n) is 1.20. The highest BCUT2D eigenvalue weighted by Crippen LogP contribution is 1.73. The van der Waals surface area contributed by atoms with Gasteiger partial charge in [0.15, 0.2) is 0 Å². The lowest BCUT2D eigenvalue weighted by Gasteiger charge is -2.02. The Bertz CT molecular complexity index is 71.7. The lowest BCUT2D eigenvalue weighted by molar-refractivity contribution is 0.583. The Hall–Kier alpha value is -0.340. The van der Waals surface area contributed by atoms with E-state index in [9.17, 15) is 0 Å². The Labute approximate surface area is 63.7 Å². The van der Waals surface area contributed by atoms with Crippen LogP contribution in [0.15, 0.2) is 12.7 Å².